The number of hydrogen-bond acceptors (Lipinski definition) is 8. The Bertz CT molecular complexity index is 1820. The maximum Gasteiger partial charge on any atom is 0.522 e. The second kappa shape index (κ2) is 15.4. The van der Waals surface area contributed by atoms with Crippen LogP contribution in [0.3, 0.4) is 0 Å². The third-order valence-corrected chi connectivity index (χ3v) is 14.5. The molecule has 2 aromatic rings. The molecular weight excluding hydrogens is 818 g/mol. The molecule has 2 aliphatic heterocycles. The fraction of sp³-hybridized carbons (Fsp3) is 0.722. The van der Waals surface area contributed by atoms with E-state index in [9.17, 15) is 26.3 Å². The predicted molar refractivity (Wildman–Crippen MR) is 187 cm³/mol. The molecule has 0 radical (unpaired) electrons. The van der Waals surface area contributed by atoms with Crippen molar-refractivity contribution in [3.63, 3.8) is 0 Å². The number of halogens is 6. The summed E-state index contributed by atoms with van der Waals surface area (Å²) in [6.07, 6.45) is 15.1. The van der Waals surface area contributed by atoms with Crippen molar-refractivity contribution < 1.29 is 69.4 Å². The van der Waals surface area contributed by atoms with Gasteiger partial charge in [0.15, 0.2) is 0 Å². The van der Waals surface area contributed by atoms with E-state index < -0.39 is 31.3 Å². The molecule has 0 spiro atoms. The Hall–Kier alpha value is -1.86. The van der Waals surface area contributed by atoms with Gasteiger partial charge in [-0.05, 0) is 133 Å². The molecular formula is C36H48F6FeN4O6S2. The number of aromatic nitrogens is 2. The van der Waals surface area contributed by atoms with Gasteiger partial charge in [0.1, 0.15) is 0 Å². The summed E-state index contributed by atoms with van der Waals surface area (Å²) in [5.41, 5.74) is -1.19. The minimum absolute atomic E-state index is 0. The largest absolute Gasteiger partial charge is 0.522 e. The van der Waals surface area contributed by atoms with Crippen molar-refractivity contribution >= 4 is 20.2 Å². The molecule has 4 bridgehead atoms. The average Bonchev–Trinajstić information content (AvgIpc) is 3.71. The molecule has 4 heterocycles. The predicted octanol–water partition coefficient (Wildman–Crippen LogP) is 7.26. The summed E-state index contributed by atoms with van der Waals surface area (Å²) in [6.45, 7) is 14.4. The first-order valence-corrected chi connectivity index (χ1v) is 21.2. The van der Waals surface area contributed by atoms with Crippen LogP contribution in [0.25, 0.3) is 0 Å². The van der Waals surface area contributed by atoms with Crippen LogP contribution in [-0.4, -0.2) is 81.9 Å². The zero-order chi connectivity index (χ0) is 39.8. The van der Waals surface area contributed by atoms with Gasteiger partial charge in [0.05, 0.1) is 11.4 Å². The summed E-state index contributed by atoms with van der Waals surface area (Å²) < 4.78 is 115. The first-order valence-electron chi connectivity index (χ1n) is 18.3. The Morgan fingerprint density at radius 3 is 1.31 bits per heavy atom. The second-order valence-corrected chi connectivity index (χ2v) is 19.8. The van der Waals surface area contributed by atoms with Crippen LogP contribution >= 0.6 is 0 Å². The van der Waals surface area contributed by atoms with Crippen molar-refractivity contribution in [2.75, 3.05) is 13.1 Å². The zero-order valence-corrected chi connectivity index (χ0v) is 33.8. The average molecular weight is 867 g/mol. The Morgan fingerprint density at radius 1 is 0.691 bits per heavy atom. The van der Waals surface area contributed by atoms with Crippen LogP contribution in [0, 0.1) is 22.7 Å². The molecule has 2 N–H and O–H groups in total. The fourth-order valence-electron chi connectivity index (χ4n) is 9.96. The van der Waals surface area contributed by atoms with Crippen LogP contribution < -0.4 is 0 Å². The van der Waals surface area contributed by atoms with Crippen molar-refractivity contribution in [1.82, 2.24) is 19.8 Å². The van der Waals surface area contributed by atoms with Crippen LogP contribution in [0.4, 0.5) is 26.3 Å². The smallest absolute Gasteiger partial charge is 0.293 e. The molecule has 2 saturated heterocycles. The van der Waals surface area contributed by atoms with Gasteiger partial charge >= 0.3 is 31.3 Å². The minimum Gasteiger partial charge on any atom is -0.293 e. The van der Waals surface area contributed by atoms with E-state index in [0.717, 1.165) is 36.8 Å². The molecule has 55 heavy (non-hydrogen) atoms. The van der Waals surface area contributed by atoms with Crippen molar-refractivity contribution in [2.24, 2.45) is 22.7 Å². The molecule has 2 aromatic heterocycles. The fourth-order valence-corrected chi connectivity index (χ4v) is 9.96. The van der Waals surface area contributed by atoms with Gasteiger partial charge in [-0.1, -0.05) is 27.7 Å². The summed E-state index contributed by atoms with van der Waals surface area (Å²) in [7, 11) is -11.7. The molecule has 310 valence electrons. The van der Waals surface area contributed by atoms with E-state index in [-0.39, 0.29) is 17.1 Å². The SMILES string of the molecule is CC1(C)C2Cc3cc(CN4CCC[C@@H]4[C@H]4CCCN4Cc4cc5c(cn4)C4CC(C5)C4(C)C)ncc3C1C2.O=S(=O)(O)C(F)(F)F.O=S(=O)(O)C(F)(F)F.[Fe]. The van der Waals surface area contributed by atoms with E-state index in [2.05, 4.69) is 62.0 Å². The summed E-state index contributed by atoms with van der Waals surface area (Å²) in [6, 6.07) is 6.28. The first-order chi connectivity index (χ1) is 24.8. The Morgan fingerprint density at radius 2 is 1.02 bits per heavy atom. The summed E-state index contributed by atoms with van der Waals surface area (Å²) >= 11 is 0. The number of hydrogen-bond donors (Lipinski definition) is 2. The third kappa shape index (κ3) is 8.79. The van der Waals surface area contributed by atoms with E-state index >= 15 is 0 Å². The maximum atomic E-state index is 10.7. The van der Waals surface area contributed by atoms with Crippen molar-refractivity contribution in [3.05, 3.63) is 58.2 Å². The normalized spacial score (nSPS) is 29.2. The molecule has 10 nitrogen and oxygen atoms in total. The van der Waals surface area contributed by atoms with Crippen LogP contribution in [0.2, 0.25) is 0 Å². The summed E-state index contributed by atoms with van der Waals surface area (Å²) in [5.74, 6) is 3.21. The topological polar surface area (TPSA) is 141 Å². The Balaban J connectivity index is 0.000000290. The van der Waals surface area contributed by atoms with Crippen LogP contribution in [0.1, 0.15) is 112 Å². The summed E-state index contributed by atoms with van der Waals surface area (Å²) in [4.78, 5) is 15.6. The standard InChI is InChI=1S/C34H46N4.2CHF3O3S.Fe/c1-33(2)23-11-21-13-25(35-17-27(21)29(33)15-23)19-37-9-5-7-31(37)32-8-6-10-38(32)20-26-14-22-12-24-16-30(34(24,3)4)28(22)18-36-26;2*2-1(3,4)8(5,6)7;/h13-14,17-18,23-24,29-32H,5-12,15-16,19-20H2,1-4H3;2*(H,5,6,7);/t23?,24?,29?,30?,31-,32-;;;/m1.../s1. The number of likely N-dealkylation sites (tertiary alicyclic amines) is 2. The Labute approximate surface area is 329 Å². The second-order valence-electron chi connectivity index (χ2n) is 17.0. The molecule has 19 heteroatoms. The number of pyridine rings is 2. The molecule has 0 aromatic carbocycles. The number of rotatable bonds is 5. The van der Waals surface area contributed by atoms with Gasteiger partial charge < -0.3 is 0 Å². The molecule has 2 saturated carbocycles. The van der Waals surface area contributed by atoms with Crippen molar-refractivity contribution in [1.29, 1.82) is 0 Å². The van der Waals surface area contributed by atoms with E-state index in [0.29, 0.717) is 22.9 Å². The number of alkyl halides is 6. The monoisotopic (exact) mass is 866 g/mol. The Kier molecular flexibility index (Phi) is 12.4. The van der Waals surface area contributed by atoms with E-state index in [1.54, 1.807) is 22.3 Å². The van der Waals surface area contributed by atoms with Gasteiger partial charge in [-0.2, -0.15) is 43.2 Å². The number of nitrogens with zero attached hydrogens (tertiary/aromatic N) is 4. The van der Waals surface area contributed by atoms with Gasteiger partial charge in [0.2, 0.25) is 0 Å². The van der Waals surface area contributed by atoms with Gasteiger partial charge in [-0.25, -0.2) is 0 Å². The molecule has 4 fully saturated rings. The molecule has 8 aliphatic rings. The van der Waals surface area contributed by atoms with Crippen LogP contribution in [0.5, 0.6) is 0 Å². The summed E-state index contributed by atoms with van der Waals surface area (Å²) in [5, 5.41) is 0. The van der Waals surface area contributed by atoms with Crippen molar-refractivity contribution in [3.8, 4) is 0 Å². The third-order valence-electron chi connectivity index (χ3n) is 13.4. The molecule has 10 rings (SSSR count). The van der Waals surface area contributed by atoms with Gasteiger partial charge in [0, 0.05) is 54.6 Å². The molecule has 0 amide bonds. The molecule has 6 atom stereocenters. The zero-order valence-electron chi connectivity index (χ0n) is 31.0. The maximum absolute atomic E-state index is 10.7. The van der Waals surface area contributed by atoms with Crippen LogP contribution in [-0.2, 0) is 63.2 Å². The van der Waals surface area contributed by atoms with E-state index in [4.69, 9.17) is 35.9 Å². The van der Waals surface area contributed by atoms with Gasteiger partial charge in [-0.3, -0.25) is 28.9 Å². The van der Waals surface area contributed by atoms with Gasteiger partial charge in [0.25, 0.3) is 0 Å². The van der Waals surface area contributed by atoms with Gasteiger partial charge in [-0.15, -0.1) is 0 Å². The van der Waals surface area contributed by atoms with E-state index in [1.165, 1.54) is 75.8 Å². The van der Waals surface area contributed by atoms with Crippen LogP contribution in [0.15, 0.2) is 24.5 Å². The first kappa shape index (κ1) is 44.2. The minimum atomic E-state index is -5.84. The molecule has 4 unspecified atom stereocenters. The molecule has 6 aliphatic carbocycles. The van der Waals surface area contributed by atoms with Crippen molar-refractivity contribution in [2.45, 2.75) is 127 Å². The van der Waals surface area contributed by atoms with E-state index in [1.807, 2.05) is 0 Å². The quantitative estimate of drug-likeness (QED) is 0.137.